The molecule has 0 aliphatic carbocycles. The Morgan fingerprint density at radius 2 is 2.16 bits per heavy atom. The third kappa shape index (κ3) is 4.07. The summed E-state index contributed by atoms with van der Waals surface area (Å²) in [6, 6.07) is 3.48. The van der Waals surface area contributed by atoms with Gasteiger partial charge in [0, 0.05) is 19.2 Å². The molecular weight excluding hydrogens is 352 g/mol. The maximum Gasteiger partial charge on any atom is 0.312 e. The molecule has 1 aromatic rings. The van der Waals surface area contributed by atoms with Gasteiger partial charge in [-0.1, -0.05) is 0 Å². The van der Waals surface area contributed by atoms with Crippen molar-refractivity contribution < 1.29 is 27.6 Å². The molecule has 9 nitrogen and oxygen atoms in total. The molecule has 2 rings (SSSR count). The highest BCUT2D eigenvalue weighted by Crippen LogP contribution is 2.32. The summed E-state index contributed by atoms with van der Waals surface area (Å²) in [6.07, 6.45) is 1.06. The van der Waals surface area contributed by atoms with E-state index in [9.17, 15) is 23.3 Å². The molecular formula is C15H20N2O7S. The second-order valence-electron chi connectivity index (χ2n) is 5.55. The standard InChI is InChI=1S/C15H20N2O7S/c1-3-24-15(18)11-5-4-8-16(10-11)25(21,22)12-6-7-14(23-2)13(9-12)17(19)20/h6-7,9,11H,3-5,8,10H2,1-2H3. The summed E-state index contributed by atoms with van der Waals surface area (Å²) in [4.78, 5) is 22.1. The summed E-state index contributed by atoms with van der Waals surface area (Å²) in [5.74, 6) is -0.980. The molecule has 0 N–H and O–H groups in total. The summed E-state index contributed by atoms with van der Waals surface area (Å²) in [5, 5.41) is 11.1. The van der Waals surface area contributed by atoms with Crippen molar-refractivity contribution in [3.63, 3.8) is 0 Å². The number of ether oxygens (including phenoxy) is 2. The predicted molar refractivity (Wildman–Crippen MR) is 87.8 cm³/mol. The summed E-state index contributed by atoms with van der Waals surface area (Å²) in [5.41, 5.74) is -0.428. The van der Waals surface area contributed by atoms with E-state index in [0.29, 0.717) is 12.8 Å². The molecule has 0 amide bonds. The smallest absolute Gasteiger partial charge is 0.312 e. The first-order valence-corrected chi connectivity index (χ1v) is 9.24. The van der Waals surface area contributed by atoms with Crippen LogP contribution in [0.4, 0.5) is 5.69 Å². The van der Waals surface area contributed by atoms with E-state index in [2.05, 4.69) is 0 Å². The van der Waals surface area contributed by atoms with E-state index >= 15 is 0 Å². The van der Waals surface area contributed by atoms with Crippen molar-refractivity contribution in [2.75, 3.05) is 26.8 Å². The lowest BCUT2D eigenvalue weighted by molar-refractivity contribution is -0.386. The molecule has 10 heteroatoms. The number of nitro groups is 1. The Hall–Kier alpha value is -2.20. The number of sulfonamides is 1. The molecule has 0 bridgehead atoms. The minimum atomic E-state index is -3.96. The Kier molecular flexibility index (Phi) is 5.96. The van der Waals surface area contributed by atoms with Crippen LogP contribution in [0.15, 0.2) is 23.1 Å². The highest BCUT2D eigenvalue weighted by Gasteiger charge is 2.35. The lowest BCUT2D eigenvalue weighted by Gasteiger charge is -2.30. The van der Waals surface area contributed by atoms with Crippen LogP contribution >= 0.6 is 0 Å². The van der Waals surface area contributed by atoms with Crippen LogP contribution in [-0.2, 0) is 19.6 Å². The van der Waals surface area contributed by atoms with Gasteiger partial charge < -0.3 is 9.47 Å². The van der Waals surface area contributed by atoms with E-state index in [1.165, 1.54) is 23.5 Å². The fraction of sp³-hybridized carbons (Fsp3) is 0.533. The summed E-state index contributed by atoms with van der Waals surface area (Å²) in [7, 11) is -2.69. The number of rotatable bonds is 6. The van der Waals surface area contributed by atoms with Gasteiger partial charge in [0.15, 0.2) is 5.75 Å². The number of esters is 1. The number of piperidine rings is 1. The summed E-state index contributed by atoms with van der Waals surface area (Å²) in [6.45, 7) is 2.16. The van der Waals surface area contributed by atoms with Crippen LogP contribution in [0.1, 0.15) is 19.8 Å². The molecule has 0 radical (unpaired) electrons. The SMILES string of the molecule is CCOC(=O)C1CCCN(S(=O)(=O)c2ccc(OC)c([N+](=O)[O-])c2)C1. The Balaban J connectivity index is 2.30. The van der Waals surface area contributed by atoms with E-state index in [4.69, 9.17) is 9.47 Å². The van der Waals surface area contributed by atoms with Crippen molar-refractivity contribution in [1.82, 2.24) is 4.31 Å². The van der Waals surface area contributed by atoms with Crippen molar-refractivity contribution in [2.45, 2.75) is 24.7 Å². The number of carbonyl (C=O) groups is 1. The van der Waals surface area contributed by atoms with Crippen LogP contribution in [0, 0.1) is 16.0 Å². The van der Waals surface area contributed by atoms with Gasteiger partial charge in [-0.2, -0.15) is 4.31 Å². The van der Waals surface area contributed by atoms with E-state index in [1.54, 1.807) is 6.92 Å². The normalized spacial score (nSPS) is 18.6. The lowest BCUT2D eigenvalue weighted by Crippen LogP contribution is -2.42. The van der Waals surface area contributed by atoms with E-state index in [-0.39, 0.29) is 30.3 Å². The van der Waals surface area contributed by atoms with Gasteiger partial charge in [-0.3, -0.25) is 14.9 Å². The molecule has 1 atom stereocenters. The minimum Gasteiger partial charge on any atom is -0.490 e. The third-order valence-corrected chi connectivity index (χ3v) is 5.85. The van der Waals surface area contributed by atoms with Crippen molar-refractivity contribution in [3.8, 4) is 5.75 Å². The monoisotopic (exact) mass is 372 g/mol. The van der Waals surface area contributed by atoms with E-state index in [1.807, 2.05) is 0 Å². The molecule has 0 spiro atoms. The van der Waals surface area contributed by atoms with Gasteiger partial charge in [-0.25, -0.2) is 8.42 Å². The molecule has 138 valence electrons. The van der Waals surface area contributed by atoms with Crippen LogP contribution in [-0.4, -0.2) is 50.4 Å². The number of benzene rings is 1. The molecule has 1 saturated heterocycles. The van der Waals surface area contributed by atoms with Crippen molar-refractivity contribution in [1.29, 1.82) is 0 Å². The van der Waals surface area contributed by atoms with Crippen molar-refractivity contribution >= 4 is 21.7 Å². The molecule has 1 aliphatic rings. The fourth-order valence-electron chi connectivity index (χ4n) is 2.74. The molecule has 1 fully saturated rings. The lowest BCUT2D eigenvalue weighted by atomic mass is 10.0. The van der Waals surface area contributed by atoms with Crippen LogP contribution in [0.25, 0.3) is 0 Å². The maximum atomic E-state index is 12.8. The van der Waals surface area contributed by atoms with Gasteiger partial charge in [-0.15, -0.1) is 0 Å². The molecule has 0 saturated carbocycles. The first kappa shape index (κ1) is 19.1. The Labute approximate surface area is 145 Å². The number of hydrogen-bond acceptors (Lipinski definition) is 7. The van der Waals surface area contributed by atoms with Gasteiger partial charge in [-0.05, 0) is 31.9 Å². The largest absolute Gasteiger partial charge is 0.490 e. The Morgan fingerprint density at radius 3 is 2.76 bits per heavy atom. The quantitative estimate of drug-likeness (QED) is 0.423. The topological polar surface area (TPSA) is 116 Å². The van der Waals surface area contributed by atoms with Gasteiger partial charge in [0.05, 0.1) is 29.5 Å². The van der Waals surface area contributed by atoms with E-state index < -0.39 is 32.5 Å². The van der Waals surface area contributed by atoms with Gasteiger partial charge in [0.25, 0.3) is 0 Å². The number of nitro benzene ring substituents is 1. The molecule has 1 unspecified atom stereocenters. The minimum absolute atomic E-state index is 0.000986. The third-order valence-electron chi connectivity index (χ3n) is 3.99. The second kappa shape index (κ2) is 7.79. The van der Waals surface area contributed by atoms with Gasteiger partial charge in [0.2, 0.25) is 10.0 Å². The number of hydrogen-bond donors (Lipinski definition) is 0. The average Bonchev–Trinajstić information content (AvgIpc) is 2.61. The molecule has 1 heterocycles. The van der Waals surface area contributed by atoms with Crippen molar-refractivity contribution in [3.05, 3.63) is 28.3 Å². The molecule has 0 aromatic heterocycles. The second-order valence-corrected chi connectivity index (χ2v) is 7.48. The maximum absolute atomic E-state index is 12.8. The first-order chi connectivity index (χ1) is 11.8. The van der Waals surface area contributed by atoms with Gasteiger partial charge >= 0.3 is 11.7 Å². The Morgan fingerprint density at radius 1 is 1.44 bits per heavy atom. The van der Waals surface area contributed by atoms with Crippen LogP contribution in [0.2, 0.25) is 0 Å². The average molecular weight is 372 g/mol. The van der Waals surface area contributed by atoms with Crippen molar-refractivity contribution in [2.24, 2.45) is 5.92 Å². The molecule has 25 heavy (non-hydrogen) atoms. The zero-order chi connectivity index (χ0) is 18.6. The number of carbonyl (C=O) groups excluding carboxylic acids is 1. The highest BCUT2D eigenvalue weighted by molar-refractivity contribution is 7.89. The summed E-state index contributed by atoms with van der Waals surface area (Å²) < 4.78 is 36.6. The van der Waals surface area contributed by atoms with Crippen LogP contribution in [0.5, 0.6) is 5.75 Å². The van der Waals surface area contributed by atoms with Crippen LogP contribution in [0.3, 0.4) is 0 Å². The zero-order valence-electron chi connectivity index (χ0n) is 14.0. The molecule has 1 aromatic carbocycles. The number of methoxy groups -OCH3 is 1. The molecule has 1 aliphatic heterocycles. The Bertz CT molecular complexity index is 763. The summed E-state index contributed by atoms with van der Waals surface area (Å²) >= 11 is 0. The first-order valence-electron chi connectivity index (χ1n) is 7.80. The van der Waals surface area contributed by atoms with Crippen LogP contribution < -0.4 is 4.74 Å². The predicted octanol–water partition coefficient (Wildman–Crippen LogP) is 1.57. The van der Waals surface area contributed by atoms with Gasteiger partial charge in [0.1, 0.15) is 0 Å². The number of nitrogens with zero attached hydrogens (tertiary/aromatic N) is 2. The fourth-order valence-corrected chi connectivity index (χ4v) is 4.28. The highest BCUT2D eigenvalue weighted by atomic mass is 32.2. The zero-order valence-corrected chi connectivity index (χ0v) is 14.8. The van der Waals surface area contributed by atoms with E-state index in [0.717, 1.165) is 6.07 Å².